The van der Waals surface area contributed by atoms with E-state index in [0.29, 0.717) is 17.7 Å². The number of rotatable bonds is 9. The predicted molar refractivity (Wildman–Crippen MR) is 77.8 cm³/mol. The molecule has 0 aliphatic rings. The van der Waals surface area contributed by atoms with Crippen LogP contribution in [0.4, 0.5) is 5.69 Å². The van der Waals surface area contributed by atoms with E-state index in [1.807, 2.05) is 0 Å². The fraction of sp³-hybridized carbons (Fsp3) is 0.643. The maximum absolute atomic E-state index is 11.0. The van der Waals surface area contributed by atoms with E-state index in [0.717, 1.165) is 38.3 Å². The Labute approximate surface area is 119 Å². The second-order valence-corrected chi connectivity index (χ2v) is 4.76. The van der Waals surface area contributed by atoms with Crippen molar-refractivity contribution in [3.63, 3.8) is 0 Å². The molecule has 1 heterocycles. The van der Waals surface area contributed by atoms with E-state index in [-0.39, 0.29) is 10.6 Å². The highest BCUT2D eigenvalue weighted by molar-refractivity contribution is 5.47. The van der Waals surface area contributed by atoms with Gasteiger partial charge in [0.2, 0.25) is 0 Å². The topological polar surface area (TPSA) is 77.3 Å². The minimum absolute atomic E-state index is 0.170. The Morgan fingerprint density at radius 2 is 2.15 bits per heavy atom. The lowest BCUT2D eigenvalue weighted by Crippen LogP contribution is -2.18. The van der Waals surface area contributed by atoms with Crippen molar-refractivity contribution in [2.45, 2.75) is 40.2 Å². The standard InChI is InChI=1S/C14H23N3O3/c1-4-7-20-8-5-6-15-10-13-12(3)14(17(18)19)11(2)9-16-13/h9,15H,4-8,10H2,1-3H3. The smallest absolute Gasteiger partial charge is 0.278 e. The Morgan fingerprint density at radius 3 is 2.80 bits per heavy atom. The monoisotopic (exact) mass is 281 g/mol. The van der Waals surface area contributed by atoms with Crippen LogP contribution in [-0.4, -0.2) is 29.7 Å². The number of ether oxygens (including phenoxy) is 1. The average Bonchev–Trinajstić information content (AvgIpc) is 2.39. The van der Waals surface area contributed by atoms with Gasteiger partial charge in [0.25, 0.3) is 5.69 Å². The van der Waals surface area contributed by atoms with Crippen LogP contribution in [0.25, 0.3) is 0 Å². The van der Waals surface area contributed by atoms with Gasteiger partial charge in [-0.25, -0.2) is 0 Å². The predicted octanol–water partition coefficient (Wildman–Crippen LogP) is 2.51. The van der Waals surface area contributed by atoms with Crippen molar-refractivity contribution in [2.75, 3.05) is 19.8 Å². The van der Waals surface area contributed by atoms with Crippen LogP contribution in [-0.2, 0) is 11.3 Å². The summed E-state index contributed by atoms with van der Waals surface area (Å²) in [6, 6.07) is 0. The van der Waals surface area contributed by atoms with Crippen LogP contribution in [0, 0.1) is 24.0 Å². The molecule has 0 atom stereocenters. The minimum atomic E-state index is -0.339. The molecule has 0 aliphatic carbocycles. The number of nitro groups is 1. The zero-order valence-electron chi connectivity index (χ0n) is 12.4. The van der Waals surface area contributed by atoms with E-state index in [1.54, 1.807) is 20.0 Å². The molecule has 0 saturated heterocycles. The van der Waals surface area contributed by atoms with Crippen LogP contribution in [0.15, 0.2) is 6.20 Å². The molecule has 1 N–H and O–H groups in total. The molecule has 0 radical (unpaired) electrons. The lowest BCUT2D eigenvalue weighted by atomic mass is 10.1. The fourth-order valence-corrected chi connectivity index (χ4v) is 1.98. The summed E-state index contributed by atoms with van der Waals surface area (Å²) in [5.41, 5.74) is 2.15. The molecule has 112 valence electrons. The Balaban J connectivity index is 2.45. The van der Waals surface area contributed by atoms with Crippen LogP contribution in [0.1, 0.15) is 36.6 Å². The number of hydrogen-bond acceptors (Lipinski definition) is 5. The molecule has 0 unspecified atom stereocenters. The molecule has 1 aromatic heterocycles. The Morgan fingerprint density at radius 1 is 1.40 bits per heavy atom. The molecule has 0 aromatic carbocycles. The van der Waals surface area contributed by atoms with Crippen LogP contribution in [0.5, 0.6) is 0 Å². The first kappa shape index (κ1) is 16.5. The largest absolute Gasteiger partial charge is 0.381 e. The van der Waals surface area contributed by atoms with Gasteiger partial charge in [-0.2, -0.15) is 0 Å². The van der Waals surface area contributed by atoms with Gasteiger partial charge >= 0.3 is 0 Å². The van der Waals surface area contributed by atoms with Gasteiger partial charge in [0.15, 0.2) is 0 Å². The van der Waals surface area contributed by atoms with Gasteiger partial charge in [0.1, 0.15) is 0 Å². The summed E-state index contributed by atoms with van der Waals surface area (Å²) in [5.74, 6) is 0. The summed E-state index contributed by atoms with van der Waals surface area (Å²) in [5, 5.41) is 14.3. The SMILES string of the molecule is CCCOCCCNCc1ncc(C)c([N+](=O)[O-])c1C. The van der Waals surface area contributed by atoms with E-state index >= 15 is 0 Å². The number of pyridine rings is 1. The Hall–Kier alpha value is -1.53. The summed E-state index contributed by atoms with van der Waals surface area (Å²) >= 11 is 0. The van der Waals surface area contributed by atoms with Gasteiger partial charge in [-0.1, -0.05) is 6.92 Å². The van der Waals surface area contributed by atoms with Gasteiger partial charge in [-0.15, -0.1) is 0 Å². The van der Waals surface area contributed by atoms with Gasteiger partial charge in [-0.3, -0.25) is 15.1 Å². The second kappa shape index (κ2) is 8.60. The molecule has 0 aliphatic heterocycles. The fourth-order valence-electron chi connectivity index (χ4n) is 1.98. The van der Waals surface area contributed by atoms with Crippen molar-refractivity contribution in [1.29, 1.82) is 0 Å². The average molecular weight is 281 g/mol. The summed E-state index contributed by atoms with van der Waals surface area (Å²) < 4.78 is 5.38. The second-order valence-electron chi connectivity index (χ2n) is 4.76. The summed E-state index contributed by atoms with van der Waals surface area (Å²) in [4.78, 5) is 14.9. The zero-order chi connectivity index (χ0) is 15.0. The van der Waals surface area contributed by atoms with Crippen LogP contribution in [0.2, 0.25) is 0 Å². The molecule has 0 fully saturated rings. The van der Waals surface area contributed by atoms with Crippen LogP contribution < -0.4 is 5.32 Å². The molecular weight excluding hydrogens is 258 g/mol. The van der Waals surface area contributed by atoms with Crippen molar-refractivity contribution in [3.05, 3.63) is 33.1 Å². The first-order chi connectivity index (χ1) is 9.57. The molecule has 0 amide bonds. The molecule has 6 nitrogen and oxygen atoms in total. The zero-order valence-corrected chi connectivity index (χ0v) is 12.4. The summed E-state index contributed by atoms with van der Waals surface area (Å²) in [6.45, 7) is 8.43. The van der Waals surface area contributed by atoms with Crippen molar-refractivity contribution < 1.29 is 9.66 Å². The quantitative estimate of drug-likeness (QED) is 0.427. The van der Waals surface area contributed by atoms with Crippen molar-refractivity contribution in [1.82, 2.24) is 10.3 Å². The molecule has 20 heavy (non-hydrogen) atoms. The van der Waals surface area contributed by atoms with Crippen molar-refractivity contribution in [2.24, 2.45) is 0 Å². The van der Waals surface area contributed by atoms with E-state index in [2.05, 4.69) is 17.2 Å². The number of aryl methyl sites for hydroxylation is 1. The van der Waals surface area contributed by atoms with E-state index < -0.39 is 0 Å². The highest BCUT2D eigenvalue weighted by atomic mass is 16.6. The van der Waals surface area contributed by atoms with Gasteiger partial charge in [0, 0.05) is 37.1 Å². The first-order valence-electron chi connectivity index (χ1n) is 6.95. The molecule has 6 heteroatoms. The maximum atomic E-state index is 11.0. The summed E-state index contributed by atoms with van der Waals surface area (Å²) in [7, 11) is 0. The van der Waals surface area contributed by atoms with Gasteiger partial charge in [0.05, 0.1) is 10.6 Å². The lowest BCUT2D eigenvalue weighted by Gasteiger charge is -2.09. The molecule has 1 rings (SSSR count). The van der Waals surface area contributed by atoms with Gasteiger partial charge < -0.3 is 10.1 Å². The lowest BCUT2D eigenvalue weighted by molar-refractivity contribution is -0.386. The third-order valence-electron chi connectivity index (χ3n) is 3.04. The summed E-state index contributed by atoms with van der Waals surface area (Å²) in [6.07, 6.45) is 3.52. The van der Waals surface area contributed by atoms with Gasteiger partial charge in [-0.05, 0) is 33.2 Å². The third-order valence-corrected chi connectivity index (χ3v) is 3.04. The number of nitrogens with zero attached hydrogens (tertiary/aromatic N) is 2. The normalized spacial score (nSPS) is 10.8. The van der Waals surface area contributed by atoms with E-state index in [1.165, 1.54) is 0 Å². The first-order valence-corrected chi connectivity index (χ1v) is 6.95. The van der Waals surface area contributed by atoms with Crippen molar-refractivity contribution >= 4 is 5.69 Å². The van der Waals surface area contributed by atoms with Crippen LogP contribution >= 0.6 is 0 Å². The molecule has 1 aromatic rings. The third kappa shape index (κ3) is 4.86. The van der Waals surface area contributed by atoms with E-state index in [9.17, 15) is 10.1 Å². The molecular formula is C14H23N3O3. The number of aromatic nitrogens is 1. The maximum Gasteiger partial charge on any atom is 0.278 e. The highest BCUT2D eigenvalue weighted by Crippen LogP contribution is 2.23. The molecule has 0 saturated carbocycles. The van der Waals surface area contributed by atoms with Crippen molar-refractivity contribution in [3.8, 4) is 0 Å². The minimum Gasteiger partial charge on any atom is -0.381 e. The highest BCUT2D eigenvalue weighted by Gasteiger charge is 2.18. The van der Waals surface area contributed by atoms with Crippen LogP contribution in [0.3, 0.4) is 0 Å². The Kier molecular flexibility index (Phi) is 7.11. The number of hydrogen-bond donors (Lipinski definition) is 1. The molecule has 0 spiro atoms. The Bertz CT molecular complexity index is 450. The number of nitrogens with one attached hydrogen (secondary N) is 1. The molecule has 0 bridgehead atoms. The van der Waals surface area contributed by atoms with E-state index in [4.69, 9.17) is 4.74 Å².